The fourth-order valence-electron chi connectivity index (χ4n) is 2.61. The Bertz CT molecular complexity index is 617. The first-order chi connectivity index (χ1) is 10.5. The van der Waals surface area contributed by atoms with Gasteiger partial charge in [-0.2, -0.15) is 0 Å². The predicted octanol–water partition coefficient (Wildman–Crippen LogP) is 2.99. The average molecular weight is 324 g/mol. The van der Waals surface area contributed by atoms with Gasteiger partial charge in [0.2, 0.25) is 9.84 Å². The topological polar surface area (TPSA) is 63.6 Å². The zero-order chi connectivity index (χ0) is 16.2. The summed E-state index contributed by atoms with van der Waals surface area (Å²) in [4.78, 5) is 0.582. The molecular formula is C17H24O4S. The molecule has 1 aliphatic rings. The third kappa shape index (κ3) is 3.77. The van der Waals surface area contributed by atoms with Gasteiger partial charge in [0.1, 0.15) is 6.10 Å². The Kier molecular flexibility index (Phi) is 5.78. The molecule has 1 aliphatic heterocycles. The van der Waals surface area contributed by atoms with Gasteiger partial charge < -0.3 is 9.84 Å². The number of aryl methyl sites for hydroxylation is 1. The molecule has 0 unspecified atom stereocenters. The number of hydrogen-bond acceptors (Lipinski definition) is 4. The second kappa shape index (κ2) is 7.40. The highest BCUT2D eigenvalue weighted by molar-refractivity contribution is 7.95. The van der Waals surface area contributed by atoms with E-state index < -0.39 is 22.0 Å². The SMILES string of the molecule is CCCCC[C@H]1O[C@@H](CO)C=C1S(=O)(=O)c1ccc(C)cc1. The van der Waals surface area contributed by atoms with Crippen molar-refractivity contribution in [2.24, 2.45) is 0 Å². The molecule has 2 atom stereocenters. The number of aliphatic hydroxyl groups is 1. The minimum absolute atomic E-state index is 0.197. The summed E-state index contributed by atoms with van der Waals surface area (Å²) in [5.41, 5.74) is 1.02. The minimum atomic E-state index is -3.56. The molecule has 1 aromatic rings. The summed E-state index contributed by atoms with van der Waals surface area (Å²) in [5.74, 6) is 0. The molecule has 0 bridgehead atoms. The molecule has 1 aromatic carbocycles. The molecule has 122 valence electrons. The van der Waals surface area contributed by atoms with Gasteiger partial charge in [0.05, 0.1) is 22.5 Å². The maximum Gasteiger partial charge on any atom is 0.205 e. The molecule has 1 heterocycles. The molecule has 0 aromatic heterocycles. The molecule has 0 radical (unpaired) electrons. The molecule has 2 rings (SSSR count). The third-order valence-electron chi connectivity index (χ3n) is 3.90. The number of unbranched alkanes of at least 4 members (excludes halogenated alkanes) is 2. The normalized spacial score (nSPS) is 21.9. The van der Waals surface area contributed by atoms with Crippen LogP contribution in [-0.2, 0) is 14.6 Å². The Morgan fingerprint density at radius 3 is 2.45 bits per heavy atom. The van der Waals surface area contributed by atoms with Crippen molar-refractivity contribution in [1.82, 2.24) is 0 Å². The first kappa shape index (κ1) is 17.2. The van der Waals surface area contributed by atoms with E-state index in [1.54, 1.807) is 30.3 Å². The maximum absolute atomic E-state index is 12.8. The Labute approximate surface area is 132 Å². The van der Waals surface area contributed by atoms with E-state index in [0.717, 1.165) is 24.8 Å². The molecular weight excluding hydrogens is 300 g/mol. The number of hydrogen-bond donors (Lipinski definition) is 1. The number of rotatable bonds is 7. The Morgan fingerprint density at radius 1 is 1.18 bits per heavy atom. The van der Waals surface area contributed by atoms with Gasteiger partial charge in [-0.05, 0) is 31.6 Å². The van der Waals surface area contributed by atoms with E-state index >= 15 is 0 Å². The highest BCUT2D eigenvalue weighted by atomic mass is 32.2. The summed E-state index contributed by atoms with van der Waals surface area (Å²) in [6.45, 7) is 3.83. The van der Waals surface area contributed by atoms with E-state index in [2.05, 4.69) is 6.92 Å². The fourth-order valence-corrected chi connectivity index (χ4v) is 4.23. The van der Waals surface area contributed by atoms with Gasteiger partial charge >= 0.3 is 0 Å². The molecule has 0 saturated heterocycles. The second-order valence-corrected chi connectivity index (χ2v) is 7.68. The Balaban J connectivity index is 2.26. The number of aliphatic hydroxyl groups excluding tert-OH is 1. The van der Waals surface area contributed by atoms with E-state index in [1.165, 1.54) is 0 Å². The number of benzene rings is 1. The van der Waals surface area contributed by atoms with Crippen LogP contribution in [0.15, 0.2) is 40.1 Å². The molecule has 0 fully saturated rings. The van der Waals surface area contributed by atoms with Gasteiger partial charge in [-0.1, -0.05) is 43.9 Å². The van der Waals surface area contributed by atoms with Crippen LogP contribution in [0, 0.1) is 6.92 Å². The first-order valence-electron chi connectivity index (χ1n) is 7.78. The van der Waals surface area contributed by atoms with Crippen LogP contribution in [-0.4, -0.2) is 32.3 Å². The number of sulfone groups is 1. The van der Waals surface area contributed by atoms with Crippen LogP contribution in [0.5, 0.6) is 0 Å². The van der Waals surface area contributed by atoms with Crippen LogP contribution in [0.2, 0.25) is 0 Å². The van der Waals surface area contributed by atoms with Crippen LogP contribution in [0.3, 0.4) is 0 Å². The van der Waals surface area contributed by atoms with Crippen LogP contribution < -0.4 is 0 Å². The van der Waals surface area contributed by atoms with E-state index in [0.29, 0.717) is 11.3 Å². The van der Waals surface area contributed by atoms with Crippen LogP contribution in [0.25, 0.3) is 0 Å². The lowest BCUT2D eigenvalue weighted by molar-refractivity contribution is 0.0202. The molecule has 1 N–H and O–H groups in total. The van der Waals surface area contributed by atoms with Crippen LogP contribution in [0.4, 0.5) is 0 Å². The fraction of sp³-hybridized carbons (Fsp3) is 0.529. The molecule has 0 amide bonds. The maximum atomic E-state index is 12.8. The van der Waals surface area contributed by atoms with Crippen molar-refractivity contribution in [3.8, 4) is 0 Å². The van der Waals surface area contributed by atoms with Crippen molar-refractivity contribution >= 4 is 9.84 Å². The lowest BCUT2D eigenvalue weighted by atomic mass is 10.1. The van der Waals surface area contributed by atoms with Gasteiger partial charge in [-0.25, -0.2) is 8.42 Å². The lowest BCUT2D eigenvalue weighted by Crippen LogP contribution is -2.20. The van der Waals surface area contributed by atoms with Crippen molar-refractivity contribution in [2.45, 2.75) is 56.6 Å². The van der Waals surface area contributed by atoms with Crippen molar-refractivity contribution in [2.75, 3.05) is 6.61 Å². The highest BCUT2D eigenvalue weighted by Gasteiger charge is 2.35. The second-order valence-electron chi connectivity index (χ2n) is 5.73. The monoisotopic (exact) mass is 324 g/mol. The molecule has 0 spiro atoms. The average Bonchev–Trinajstić information content (AvgIpc) is 2.92. The number of ether oxygens (including phenoxy) is 1. The molecule has 4 nitrogen and oxygen atoms in total. The van der Waals surface area contributed by atoms with Crippen molar-refractivity contribution in [3.63, 3.8) is 0 Å². The van der Waals surface area contributed by atoms with Crippen LogP contribution >= 0.6 is 0 Å². The molecule has 0 aliphatic carbocycles. The smallest absolute Gasteiger partial charge is 0.205 e. The Morgan fingerprint density at radius 2 is 1.86 bits per heavy atom. The van der Waals surface area contributed by atoms with Crippen molar-refractivity contribution < 1.29 is 18.3 Å². The first-order valence-corrected chi connectivity index (χ1v) is 9.27. The quantitative estimate of drug-likeness (QED) is 0.783. The molecule has 22 heavy (non-hydrogen) atoms. The third-order valence-corrected chi connectivity index (χ3v) is 5.81. The van der Waals surface area contributed by atoms with Gasteiger partial charge in [0.25, 0.3) is 0 Å². The van der Waals surface area contributed by atoms with E-state index in [9.17, 15) is 13.5 Å². The zero-order valence-electron chi connectivity index (χ0n) is 13.2. The summed E-state index contributed by atoms with van der Waals surface area (Å²) in [7, 11) is -3.56. The molecule has 5 heteroatoms. The van der Waals surface area contributed by atoms with Gasteiger partial charge in [0.15, 0.2) is 0 Å². The van der Waals surface area contributed by atoms with Gasteiger partial charge in [0, 0.05) is 0 Å². The van der Waals surface area contributed by atoms with E-state index in [1.807, 2.05) is 6.92 Å². The van der Waals surface area contributed by atoms with Crippen molar-refractivity contribution in [1.29, 1.82) is 0 Å². The molecule has 0 saturated carbocycles. The standard InChI is InChI=1S/C17H24O4S/c1-3-4-5-6-16-17(11-14(12-18)21-16)22(19,20)15-9-7-13(2)8-10-15/h7-11,14,16,18H,3-6,12H2,1-2H3/t14-,16-/m1/s1. The predicted molar refractivity (Wildman–Crippen MR) is 86.3 cm³/mol. The Hall–Kier alpha value is -1.17. The summed E-state index contributed by atoms with van der Waals surface area (Å²) < 4.78 is 31.3. The zero-order valence-corrected chi connectivity index (χ0v) is 14.0. The summed E-state index contributed by atoms with van der Waals surface area (Å²) >= 11 is 0. The lowest BCUT2D eigenvalue weighted by Gasteiger charge is -2.16. The highest BCUT2D eigenvalue weighted by Crippen LogP contribution is 2.32. The summed E-state index contributed by atoms with van der Waals surface area (Å²) in [6.07, 6.45) is 4.28. The minimum Gasteiger partial charge on any atom is -0.393 e. The van der Waals surface area contributed by atoms with E-state index in [4.69, 9.17) is 4.74 Å². The van der Waals surface area contributed by atoms with E-state index in [-0.39, 0.29) is 11.5 Å². The van der Waals surface area contributed by atoms with Gasteiger partial charge in [-0.15, -0.1) is 0 Å². The summed E-state index contributed by atoms with van der Waals surface area (Å²) in [6, 6.07) is 6.83. The van der Waals surface area contributed by atoms with Gasteiger partial charge in [-0.3, -0.25) is 0 Å². The van der Waals surface area contributed by atoms with Crippen molar-refractivity contribution in [3.05, 3.63) is 40.8 Å². The summed E-state index contributed by atoms with van der Waals surface area (Å²) in [5, 5.41) is 9.28. The van der Waals surface area contributed by atoms with Crippen LogP contribution in [0.1, 0.15) is 38.2 Å². The largest absolute Gasteiger partial charge is 0.393 e.